The maximum Gasteiger partial charge on any atom is 0.268 e. The van der Waals surface area contributed by atoms with Gasteiger partial charge in [-0.2, -0.15) is 0 Å². The lowest BCUT2D eigenvalue weighted by Crippen LogP contribution is -2.11. The van der Waals surface area contributed by atoms with Crippen molar-refractivity contribution >= 4 is 32.5 Å². The Morgan fingerprint density at radius 3 is 2.40 bits per heavy atom. The van der Waals surface area contributed by atoms with Crippen LogP contribution in [-0.4, -0.2) is 12.4 Å². The molecule has 3 aromatic rings. The van der Waals surface area contributed by atoms with E-state index >= 15 is 0 Å². The van der Waals surface area contributed by atoms with Gasteiger partial charge in [0.15, 0.2) is 0 Å². The summed E-state index contributed by atoms with van der Waals surface area (Å²) in [6.45, 7) is 0. The van der Waals surface area contributed by atoms with Crippen molar-refractivity contribution in [2.75, 3.05) is 0 Å². The zero-order valence-electron chi connectivity index (χ0n) is 10.1. The van der Waals surface area contributed by atoms with Crippen molar-refractivity contribution in [1.29, 1.82) is 0 Å². The molecule has 3 nitrogen and oxygen atoms in total. The van der Waals surface area contributed by atoms with E-state index in [0.29, 0.717) is 10.5 Å². The van der Waals surface area contributed by atoms with E-state index in [-0.39, 0.29) is 4.90 Å². The molecule has 1 heterocycles. The van der Waals surface area contributed by atoms with E-state index < -0.39 is 15.8 Å². The zero-order valence-corrected chi connectivity index (χ0v) is 11.7. The number of hydrogen-bond donors (Lipinski definition) is 0. The number of halogens is 2. The van der Waals surface area contributed by atoms with Crippen LogP contribution >= 0.6 is 11.6 Å². The number of nitrogens with zero attached hydrogens (tertiary/aromatic N) is 1. The number of hydrogen-bond acceptors (Lipinski definition) is 2. The van der Waals surface area contributed by atoms with Gasteiger partial charge < -0.3 is 0 Å². The van der Waals surface area contributed by atoms with Gasteiger partial charge in [0, 0.05) is 16.6 Å². The molecule has 0 saturated heterocycles. The van der Waals surface area contributed by atoms with Gasteiger partial charge in [0.05, 0.1) is 10.4 Å². The van der Waals surface area contributed by atoms with Gasteiger partial charge in [-0.25, -0.2) is 16.8 Å². The van der Waals surface area contributed by atoms with Crippen LogP contribution in [0.5, 0.6) is 0 Å². The highest BCUT2D eigenvalue weighted by Crippen LogP contribution is 2.24. The summed E-state index contributed by atoms with van der Waals surface area (Å²) in [5.74, 6) is -0.479. The average Bonchev–Trinajstić information content (AvgIpc) is 2.82. The molecular formula is C14H9ClFNO2S. The highest BCUT2D eigenvalue weighted by atomic mass is 35.5. The summed E-state index contributed by atoms with van der Waals surface area (Å²) in [5, 5.41) is 1.26. The molecule has 0 atom stereocenters. The Morgan fingerprint density at radius 1 is 1.00 bits per heavy atom. The fraction of sp³-hybridized carbons (Fsp3) is 0. The molecule has 0 fully saturated rings. The van der Waals surface area contributed by atoms with Crippen molar-refractivity contribution in [1.82, 2.24) is 3.97 Å². The molecule has 0 aliphatic carbocycles. The molecule has 6 heteroatoms. The maximum absolute atomic E-state index is 12.9. The highest BCUT2D eigenvalue weighted by Gasteiger charge is 2.18. The van der Waals surface area contributed by atoms with Crippen molar-refractivity contribution in [3.8, 4) is 0 Å². The topological polar surface area (TPSA) is 39.1 Å². The van der Waals surface area contributed by atoms with Gasteiger partial charge >= 0.3 is 0 Å². The first-order chi connectivity index (χ1) is 9.48. The van der Waals surface area contributed by atoms with Gasteiger partial charge in [0.25, 0.3) is 10.0 Å². The molecule has 0 unspecified atom stereocenters. The van der Waals surface area contributed by atoms with E-state index in [2.05, 4.69) is 0 Å². The number of benzene rings is 2. The standard InChI is InChI=1S/C14H9ClFNO2S/c15-11-1-6-14-10(9-11)7-8-17(14)20(18,19)13-4-2-12(16)3-5-13/h1-9H. The van der Waals surface area contributed by atoms with Gasteiger partial charge in [-0.15, -0.1) is 0 Å². The van der Waals surface area contributed by atoms with Crippen LogP contribution in [0.3, 0.4) is 0 Å². The largest absolute Gasteiger partial charge is 0.268 e. The fourth-order valence-corrected chi connectivity index (χ4v) is 3.55. The second kappa shape index (κ2) is 4.61. The van der Waals surface area contributed by atoms with Gasteiger partial charge in [0.2, 0.25) is 0 Å². The minimum Gasteiger partial charge on any atom is -0.241 e. The summed E-state index contributed by atoms with van der Waals surface area (Å²) in [5.41, 5.74) is 0.527. The van der Waals surface area contributed by atoms with E-state index in [1.54, 1.807) is 24.3 Å². The van der Waals surface area contributed by atoms with Crippen molar-refractivity contribution < 1.29 is 12.8 Å². The zero-order chi connectivity index (χ0) is 14.3. The molecule has 3 rings (SSSR count). The minimum absolute atomic E-state index is 0.0337. The van der Waals surface area contributed by atoms with E-state index in [0.717, 1.165) is 21.5 Å². The molecule has 0 radical (unpaired) electrons. The third-order valence-electron chi connectivity index (χ3n) is 2.99. The molecule has 1 aromatic heterocycles. The summed E-state index contributed by atoms with van der Waals surface area (Å²) in [7, 11) is -3.74. The molecule has 20 heavy (non-hydrogen) atoms. The smallest absolute Gasteiger partial charge is 0.241 e. The molecule has 0 aliphatic rings. The third-order valence-corrected chi connectivity index (χ3v) is 4.93. The molecule has 0 bridgehead atoms. The van der Waals surface area contributed by atoms with Crippen LogP contribution in [0.1, 0.15) is 0 Å². The normalized spacial score (nSPS) is 11.9. The number of fused-ring (bicyclic) bond motifs is 1. The lowest BCUT2D eigenvalue weighted by Gasteiger charge is -2.07. The van der Waals surface area contributed by atoms with Crippen molar-refractivity contribution in [2.24, 2.45) is 0 Å². The fourth-order valence-electron chi connectivity index (χ4n) is 2.02. The van der Waals surface area contributed by atoms with Gasteiger partial charge in [-0.3, -0.25) is 0 Å². The first-order valence-corrected chi connectivity index (χ1v) is 7.58. The Bertz CT molecular complexity index is 885. The first kappa shape index (κ1) is 13.1. The van der Waals surface area contributed by atoms with Crippen LogP contribution in [0.15, 0.2) is 59.6 Å². The Labute approximate surface area is 120 Å². The summed E-state index contributed by atoms with van der Waals surface area (Å²) < 4.78 is 39.1. The van der Waals surface area contributed by atoms with Crippen LogP contribution in [-0.2, 0) is 10.0 Å². The number of aromatic nitrogens is 1. The van der Waals surface area contributed by atoms with Gasteiger partial charge in [-0.05, 0) is 48.5 Å². The molecule has 2 aromatic carbocycles. The summed E-state index contributed by atoms with van der Waals surface area (Å²) >= 11 is 5.88. The van der Waals surface area contributed by atoms with Crippen molar-refractivity contribution in [3.63, 3.8) is 0 Å². The van der Waals surface area contributed by atoms with E-state index in [1.807, 2.05) is 0 Å². The molecule has 0 saturated carbocycles. The summed E-state index contributed by atoms with van der Waals surface area (Å²) in [6, 6.07) is 11.3. The van der Waals surface area contributed by atoms with Crippen LogP contribution in [0, 0.1) is 5.82 Å². The monoisotopic (exact) mass is 309 g/mol. The van der Waals surface area contributed by atoms with E-state index in [9.17, 15) is 12.8 Å². The highest BCUT2D eigenvalue weighted by molar-refractivity contribution is 7.90. The van der Waals surface area contributed by atoms with E-state index in [4.69, 9.17) is 11.6 Å². The Morgan fingerprint density at radius 2 is 1.70 bits per heavy atom. The Balaban J connectivity index is 2.21. The van der Waals surface area contributed by atoms with Crippen molar-refractivity contribution in [3.05, 3.63) is 65.6 Å². The third kappa shape index (κ3) is 2.09. The second-order valence-electron chi connectivity index (χ2n) is 4.27. The molecule has 0 amide bonds. The lowest BCUT2D eigenvalue weighted by atomic mass is 10.2. The molecule has 0 spiro atoms. The summed E-state index contributed by atoms with van der Waals surface area (Å²) in [6.07, 6.45) is 1.46. The predicted molar refractivity (Wildman–Crippen MR) is 75.9 cm³/mol. The minimum atomic E-state index is -3.74. The predicted octanol–water partition coefficient (Wildman–Crippen LogP) is 3.67. The summed E-state index contributed by atoms with van der Waals surface area (Å²) in [4.78, 5) is 0.0337. The SMILES string of the molecule is O=S(=O)(c1ccc(F)cc1)n1ccc2cc(Cl)ccc21. The maximum atomic E-state index is 12.9. The second-order valence-corrected chi connectivity index (χ2v) is 6.53. The molecule has 0 N–H and O–H groups in total. The van der Waals surface area contributed by atoms with Crippen LogP contribution < -0.4 is 0 Å². The van der Waals surface area contributed by atoms with Gasteiger partial charge in [-0.1, -0.05) is 11.6 Å². The number of rotatable bonds is 2. The first-order valence-electron chi connectivity index (χ1n) is 5.76. The molecule has 0 aliphatic heterocycles. The van der Waals surface area contributed by atoms with Crippen LogP contribution in [0.4, 0.5) is 4.39 Å². The van der Waals surface area contributed by atoms with E-state index in [1.165, 1.54) is 18.3 Å². The molecule has 102 valence electrons. The van der Waals surface area contributed by atoms with Crippen LogP contribution in [0.25, 0.3) is 10.9 Å². The van der Waals surface area contributed by atoms with Crippen molar-refractivity contribution in [2.45, 2.75) is 4.90 Å². The quantitative estimate of drug-likeness (QED) is 0.724. The van der Waals surface area contributed by atoms with Gasteiger partial charge in [0.1, 0.15) is 5.82 Å². The Hall–Kier alpha value is -1.85. The molecular weight excluding hydrogens is 301 g/mol. The lowest BCUT2D eigenvalue weighted by molar-refractivity contribution is 0.588. The van der Waals surface area contributed by atoms with Crippen LogP contribution in [0.2, 0.25) is 5.02 Å². The Kier molecular flexibility index (Phi) is 3.03. The average molecular weight is 310 g/mol.